The van der Waals surface area contributed by atoms with E-state index in [-0.39, 0.29) is 5.91 Å². The monoisotopic (exact) mass is 225 g/mol. The van der Waals surface area contributed by atoms with Gasteiger partial charge >= 0.3 is 0 Å². The molecule has 1 N–H and O–H groups in total. The van der Waals surface area contributed by atoms with Gasteiger partial charge in [0.25, 0.3) is 5.91 Å². The summed E-state index contributed by atoms with van der Waals surface area (Å²) in [7, 11) is 1.59. The lowest BCUT2D eigenvalue weighted by molar-refractivity contribution is 0.0915. The van der Waals surface area contributed by atoms with Gasteiger partial charge in [-0.25, -0.2) is 0 Å². The normalized spacial score (nSPS) is 10.8. The number of amides is 1. The fraction of sp³-hybridized carbons (Fsp3) is 0.583. The number of carbonyl (C=O) groups excluding carboxylic acids is 1. The highest BCUT2D eigenvalue weighted by Crippen LogP contribution is 2.08. The molecule has 0 fully saturated rings. The Kier molecular flexibility index (Phi) is 5.05. The minimum atomic E-state index is -0.164. The Bertz CT molecular complexity index is 331. The Labute approximate surface area is 96.0 Å². The highest BCUT2D eigenvalue weighted by Gasteiger charge is 2.10. The van der Waals surface area contributed by atoms with Crippen LogP contribution in [0.4, 0.5) is 0 Å². The van der Waals surface area contributed by atoms with Crippen molar-refractivity contribution in [3.05, 3.63) is 23.7 Å². The van der Waals surface area contributed by atoms with Crippen molar-refractivity contribution in [2.24, 2.45) is 5.92 Å². The number of hydrogen-bond donors (Lipinski definition) is 1. The average molecular weight is 225 g/mol. The van der Waals surface area contributed by atoms with Crippen LogP contribution in [0.2, 0.25) is 0 Å². The summed E-state index contributed by atoms with van der Waals surface area (Å²) in [4.78, 5) is 11.6. The van der Waals surface area contributed by atoms with Crippen molar-refractivity contribution in [1.29, 1.82) is 0 Å². The first-order chi connectivity index (χ1) is 7.63. The molecule has 0 unspecified atom stereocenters. The molecular formula is C12H19NO3. The second kappa shape index (κ2) is 6.33. The number of nitrogens with one attached hydrogen (secondary N) is 1. The van der Waals surface area contributed by atoms with E-state index in [0.29, 0.717) is 30.6 Å². The summed E-state index contributed by atoms with van der Waals surface area (Å²) in [5.41, 5.74) is 0. The summed E-state index contributed by atoms with van der Waals surface area (Å²) < 4.78 is 10.2. The number of furan rings is 1. The molecular weight excluding hydrogens is 206 g/mol. The summed E-state index contributed by atoms with van der Waals surface area (Å²) in [6, 6.07) is 3.42. The second-order valence-electron chi connectivity index (χ2n) is 4.14. The van der Waals surface area contributed by atoms with Crippen LogP contribution in [-0.4, -0.2) is 19.6 Å². The van der Waals surface area contributed by atoms with Crippen LogP contribution >= 0.6 is 0 Å². The van der Waals surface area contributed by atoms with Crippen LogP contribution < -0.4 is 5.32 Å². The topological polar surface area (TPSA) is 51.5 Å². The molecule has 0 aromatic carbocycles. The van der Waals surface area contributed by atoms with E-state index in [1.807, 2.05) is 0 Å². The molecule has 0 spiro atoms. The minimum Gasteiger partial charge on any atom is -0.453 e. The van der Waals surface area contributed by atoms with Crippen molar-refractivity contribution in [1.82, 2.24) is 5.32 Å². The van der Waals surface area contributed by atoms with Crippen molar-refractivity contribution >= 4 is 5.91 Å². The molecule has 1 aromatic rings. The van der Waals surface area contributed by atoms with Gasteiger partial charge < -0.3 is 14.5 Å². The van der Waals surface area contributed by atoms with Gasteiger partial charge in [0.15, 0.2) is 5.76 Å². The number of hydrogen-bond acceptors (Lipinski definition) is 3. The molecule has 1 aromatic heterocycles. The lowest BCUT2D eigenvalue weighted by Crippen LogP contribution is -2.24. The highest BCUT2D eigenvalue weighted by atomic mass is 16.5. The molecule has 0 saturated carbocycles. The smallest absolute Gasteiger partial charge is 0.286 e. The molecule has 1 heterocycles. The van der Waals surface area contributed by atoms with Crippen LogP contribution in [0.1, 0.15) is 36.6 Å². The molecule has 0 radical (unpaired) electrons. The first kappa shape index (κ1) is 12.8. The predicted octanol–water partition coefficient (Wildman–Crippen LogP) is 2.20. The SMILES string of the molecule is COCc1ccc(C(=O)NCCC(C)C)o1. The van der Waals surface area contributed by atoms with E-state index >= 15 is 0 Å². The summed E-state index contributed by atoms with van der Waals surface area (Å²) >= 11 is 0. The fourth-order valence-electron chi connectivity index (χ4n) is 1.28. The first-order valence-corrected chi connectivity index (χ1v) is 5.49. The van der Waals surface area contributed by atoms with Gasteiger partial charge in [0.2, 0.25) is 0 Å². The van der Waals surface area contributed by atoms with Gasteiger partial charge in [0.1, 0.15) is 12.4 Å². The summed E-state index contributed by atoms with van der Waals surface area (Å²) in [5.74, 6) is 1.43. The van der Waals surface area contributed by atoms with E-state index in [2.05, 4.69) is 19.2 Å². The molecule has 4 nitrogen and oxygen atoms in total. The number of rotatable bonds is 6. The molecule has 0 aliphatic carbocycles. The molecule has 0 bridgehead atoms. The van der Waals surface area contributed by atoms with Crippen molar-refractivity contribution in [2.45, 2.75) is 26.9 Å². The number of ether oxygens (including phenoxy) is 1. The highest BCUT2D eigenvalue weighted by molar-refractivity contribution is 5.91. The van der Waals surface area contributed by atoms with Gasteiger partial charge in [-0.3, -0.25) is 4.79 Å². The minimum absolute atomic E-state index is 0.164. The van der Waals surface area contributed by atoms with Gasteiger partial charge in [-0.1, -0.05) is 13.8 Å². The van der Waals surface area contributed by atoms with Gasteiger partial charge in [-0.15, -0.1) is 0 Å². The number of carbonyl (C=O) groups is 1. The van der Waals surface area contributed by atoms with Crippen LogP contribution in [-0.2, 0) is 11.3 Å². The zero-order valence-electron chi connectivity index (χ0n) is 10.1. The predicted molar refractivity (Wildman–Crippen MR) is 61.2 cm³/mol. The molecule has 4 heteroatoms. The van der Waals surface area contributed by atoms with E-state index < -0.39 is 0 Å². The zero-order valence-corrected chi connectivity index (χ0v) is 10.1. The lowest BCUT2D eigenvalue weighted by atomic mass is 10.1. The zero-order chi connectivity index (χ0) is 12.0. The molecule has 0 saturated heterocycles. The third-order valence-electron chi connectivity index (χ3n) is 2.18. The van der Waals surface area contributed by atoms with Gasteiger partial charge in [-0.2, -0.15) is 0 Å². The molecule has 16 heavy (non-hydrogen) atoms. The van der Waals surface area contributed by atoms with Crippen molar-refractivity contribution in [3.8, 4) is 0 Å². The third kappa shape index (κ3) is 4.06. The maximum atomic E-state index is 11.6. The van der Waals surface area contributed by atoms with Gasteiger partial charge in [0, 0.05) is 13.7 Å². The lowest BCUT2D eigenvalue weighted by Gasteiger charge is -2.05. The van der Waals surface area contributed by atoms with E-state index in [0.717, 1.165) is 6.42 Å². The number of methoxy groups -OCH3 is 1. The first-order valence-electron chi connectivity index (χ1n) is 5.49. The summed E-state index contributed by atoms with van der Waals surface area (Å²) in [6.45, 7) is 5.31. The molecule has 0 aliphatic heterocycles. The third-order valence-corrected chi connectivity index (χ3v) is 2.18. The largest absolute Gasteiger partial charge is 0.453 e. The van der Waals surface area contributed by atoms with Crippen LogP contribution in [0, 0.1) is 5.92 Å². The fourth-order valence-corrected chi connectivity index (χ4v) is 1.28. The Morgan fingerprint density at radius 3 is 2.88 bits per heavy atom. The van der Waals surface area contributed by atoms with E-state index in [1.54, 1.807) is 19.2 Å². The maximum Gasteiger partial charge on any atom is 0.286 e. The molecule has 90 valence electrons. The van der Waals surface area contributed by atoms with E-state index in [1.165, 1.54) is 0 Å². The quantitative estimate of drug-likeness (QED) is 0.807. The van der Waals surface area contributed by atoms with Crippen molar-refractivity contribution < 1.29 is 13.9 Å². The average Bonchev–Trinajstić information content (AvgIpc) is 2.66. The van der Waals surface area contributed by atoms with Gasteiger partial charge in [0.05, 0.1) is 0 Å². The Morgan fingerprint density at radius 1 is 1.50 bits per heavy atom. The standard InChI is InChI=1S/C12H19NO3/c1-9(2)6-7-13-12(14)11-5-4-10(16-11)8-15-3/h4-5,9H,6-8H2,1-3H3,(H,13,14). The molecule has 0 aliphatic rings. The summed E-state index contributed by atoms with van der Waals surface area (Å²) in [5, 5.41) is 2.81. The van der Waals surface area contributed by atoms with Crippen molar-refractivity contribution in [2.75, 3.05) is 13.7 Å². The summed E-state index contributed by atoms with van der Waals surface area (Å²) in [6.07, 6.45) is 0.970. The van der Waals surface area contributed by atoms with E-state index in [4.69, 9.17) is 9.15 Å². The molecule has 1 rings (SSSR count). The van der Waals surface area contributed by atoms with Crippen LogP contribution in [0.25, 0.3) is 0 Å². The van der Waals surface area contributed by atoms with Gasteiger partial charge in [-0.05, 0) is 24.5 Å². The van der Waals surface area contributed by atoms with Crippen LogP contribution in [0.15, 0.2) is 16.5 Å². The van der Waals surface area contributed by atoms with Crippen molar-refractivity contribution in [3.63, 3.8) is 0 Å². The maximum absolute atomic E-state index is 11.6. The second-order valence-corrected chi connectivity index (χ2v) is 4.14. The Morgan fingerprint density at radius 2 is 2.25 bits per heavy atom. The van der Waals surface area contributed by atoms with Crippen LogP contribution in [0.3, 0.4) is 0 Å². The van der Waals surface area contributed by atoms with E-state index in [9.17, 15) is 4.79 Å². The Hall–Kier alpha value is -1.29. The molecule has 1 amide bonds. The Balaban J connectivity index is 2.40. The van der Waals surface area contributed by atoms with Crippen LogP contribution in [0.5, 0.6) is 0 Å². The molecule has 0 atom stereocenters.